The Morgan fingerprint density at radius 2 is 0.787 bits per heavy atom. The van der Waals surface area contributed by atoms with Gasteiger partial charge >= 0.3 is 0 Å². The zero-order chi connectivity index (χ0) is 33.6. The fraction of sp³-hybridized carbons (Fsp3) is 0.314. The van der Waals surface area contributed by atoms with Crippen LogP contribution in [0, 0.1) is 20.8 Å². The van der Waals surface area contributed by atoms with Gasteiger partial charge in [0, 0.05) is 37.3 Å². The number of hydrogen-bond acceptors (Lipinski definition) is 6. The molecule has 0 fully saturated rings. The van der Waals surface area contributed by atoms with Crippen molar-refractivity contribution < 1.29 is 25.3 Å². The van der Waals surface area contributed by atoms with Crippen LogP contribution in [0.3, 0.4) is 0 Å². The SMILES string of the molecule is Cc1ccc(S(=O)(=O)N2CC=CC2CC2C=CC(CC3C=CCN3S(=O)(=O)c3ccc(C)cc3)N2S(=O)(=O)c2ccc(C)cc2)cc1. The van der Waals surface area contributed by atoms with Gasteiger partial charge in [-0.2, -0.15) is 12.9 Å². The highest BCUT2D eigenvalue weighted by Gasteiger charge is 2.44. The van der Waals surface area contributed by atoms with Gasteiger partial charge in [-0.05, 0) is 70.0 Å². The molecule has 9 nitrogen and oxygen atoms in total. The third-order valence-electron chi connectivity index (χ3n) is 9.05. The third kappa shape index (κ3) is 6.55. The minimum atomic E-state index is -4.07. The predicted octanol–water partition coefficient (Wildman–Crippen LogP) is 4.95. The quantitative estimate of drug-likeness (QED) is 0.278. The van der Waals surface area contributed by atoms with Crippen molar-refractivity contribution in [3.63, 3.8) is 0 Å². The maximum atomic E-state index is 14.4. The van der Waals surface area contributed by atoms with E-state index in [2.05, 4.69) is 0 Å². The third-order valence-corrected chi connectivity index (χ3v) is 14.8. The Bertz CT molecular complexity index is 1930. The average molecular weight is 694 g/mol. The van der Waals surface area contributed by atoms with E-state index >= 15 is 0 Å². The second-order valence-electron chi connectivity index (χ2n) is 12.4. The van der Waals surface area contributed by atoms with Gasteiger partial charge in [-0.1, -0.05) is 89.5 Å². The van der Waals surface area contributed by atoms with Gasteiger partial charge in [0.2, 0.25) is 30.1 Å². The maximum Gasteiger partial charge on any atom is 0.244 e. The Hall–Kier alpha value is -3.39. The van der Waals surface area contributed by atoms with Crippen LogP contribution < -0.4 is 0 Å². The molecule has 0 aliphatic carbocycles. The minimum absolute atomic E-state index is 0.124. The van der Waals surface area contributed by atoms with Gasteiger partial charge in [-0.25, -0.2) is 25.3 Å². The first-order valence-corrected chi connectivity index (χ1v) is 19.9. The van der Waals surface area contributed by atoms with E-state index in [-0.39, 0.29) is 40.6 Å². The first-order valence-electron chi connectivity index (χ1n) is 15.6. The van der Waals surface area contributed by atoms with E-state index in [4.69, 9.17) is 0 Å². The number of rotatable bonds is 10. The average Bonchev–Trinajstić information content (AvgIpc) is 3.79. The molecule has 0 bridgehead atoms. The Balaban J connectivity index is 1.30. The molecule has 3 aromatic carbocycles. The molecule has 248 valence electrons. The highest BCUT2D eigenvalue weighted by molar-refractivity contribution is 7.89. The van der Waals surface area contributed by atoms with Gasteiger partial charge in [0.15, 0.2) is 0 Å². The van der Waals surface area contributed by atoms with E-state index in [9.17, 15) is 25.3 Å². The molecule has 3 aliphatic heterocycles. The van der Waals surface area contributed by atoms with Crippen molar-refractivity contribution in [2.45, 2.75) is 72.5 Å². The number of aryl methyl sites for hydroxylation is 3. The van der Waals surface area contributed by atoms with Crippen LogP contribution in [-0.2, 0) is 30.1 Å². The number of sulfonamides is 3. The van der Waals surface area contributed by atoms with Crippen molar-refractivity contribution in [3.8, 4) is 0 Å². The lowest BCUT2D eigenvalue weighted by atomic mass is 10.1. The lowest BCUT2D eigenvalue weighted by Gasteiger charge is -2.34. The highest BCUT2D eigenvalue weighted by atomic mass is 32.2. The Morgan fingerprint density at radius 1 is 0.468 bits per heavy atom. The van der Waals surface area contributed by atoms with Crippen molar-refractivity contribution in [3.05, 3.63) is 126 Å². The van der Waals surface area contributed by atoms with Crippen molar-refractivity contribution in [2.75, 3.05) is 13.1 Å². The zero-order valence-corrected chi connectivity index (χ0v) is 29.0. The van der Waals surface area contributed by atoms with E-state index in [0.29, 0.717) is 0 Å². The number of nitrogens with zero attached hydrogens (tertiary/aromatic N) is 3. The van der Waals surface area contributed by atoms with Gasteiger partial charge in [0.05, 0.1) is 14.7 Å². The van der Waals surface area contributed by atoms with Gasteiger partial charge in [0.1, 0.15) is 0 Å². The second kappa shape index (κ2) is 12.9. The number of hydrogen-bond donors (Lipinski definition) is 0. The highest BCUT2D eigenvalue weighted by Crippen LogP contribution is 2.36. The monoisotopic (exact) mass is 693 g/mol. The van der Waals surface area contributed by atoms with Crippen molar-refractivity contribution in [1.29, 1.82) is 0 Å². The molecule has 3 aliphatic rings. The Labute approximate surface area is 278 Å². The molecule has 0 spiro atoms. The van der Waals surface area contributed by atoms with Crippen LogP contribution in [0.5, 0.6) is 0 Å². The molecule has 4 atom stereocenters. The zero-order valence-electron chi connectivity index (χ0n) is 26.5. The van der Waals surface area contributed by atoms with E-state index in [1.165, 1.54) is 12.9 Å². The molecule has 0 amide bonds. The second-order valence-corrected chi connectivity index (χ2v) is 18.0. The minimum Gasteiger partial charge on any atom is -0.207 e. The van der Waals surface area contributed by atoms with Crippen molar-refractivity contribution in [2.24, 2.45) is 0 Å². The molecule has 4 unspecified atom stereocenters. The normalized spacial score (nSPS) is 24.1. The standard InChI is InChI=1S/C35H39N3O6S3/c1-26-8-16-33(17-9-26)45(39,40)36-22-4-6-29(36)24-31-14-15-32(38(31)47(43,44)35-20-12-28(3)13-21-35)25-30-7-5-23-37(30)46(41,42)34-18-10-27(2)11-19-34/h4-21,29-32H,22-25H2,1-3H3. The summed E-state index contributed by atoms with van der Waals surface area (Å²) in [6.07, 6.45) is 11.3. The fourth-order valence-corrected chi connectivity index (χ4v) is 11.3. The van der Waals surface area contributed by atoms with E-state index in [0.717, 1.165) is 16.7 Å². The van der Waals surface area contributed by atoms with E-state index in [1.54, 1.807) is 84.9 Å². The lowest BCUT2D eigenvalue weighted by Crippen LogP contribution is -2.48. The molecule has 12 heteroatoms. The summed E-state index contributed by atoms with van der Waals surface area (Å²) in [5.74, 6) is 0. The van der Waals surface area contributed by atoms with Crippen LogP contribution in [0.1, 0.15) is 29.5 Å². The molecular formula is C35H39N3O6S3. The fourth-order valence-electron chi connectivity index (χ4n) is 6.46. The molecule has 6 rings (SSSR count). The largest absolute Gasteiger partial charge is 0.244 e. The van der Waals surface area contributed by atoms with Crippen LogP contribution in [0.25, 0.3) is 0 Å². The van der Waals surface area contributed by atoms with Crippen molar-refractivity contribution >= 4 is 30.1 Å². The first-order chi connectivity index (χ1) is 22.3. The summed E-state index contributed by atoms with van der Waals surface area (Å²) in [5.41, 5.74) is 2.81. The van der Waals surface area contributed by atoms with Crippen molar-refractivity contribution in [1.82, 2.24) is 12.9 Å². The summed E-state index contributed by atoms with van der Waals surface area (Å²) >= 11 is 0. The summed E-state index contributed by atoms with van der Waals surface area (Å²) in [5, 5.41) is 0. The summed E-state index contributed by atoms with van der Waals surface area (Å²) in [6, 6.07) is 17.5. The molecule has 0 N–H and O–H groups in total. The van der Waals surface area contributed by atoms with Crippen LogP contribution in [-0.4, -0.2) is 75.4 Å². The van der Waals surface area contributed by atoms with Gasteiger partial charge in [-0.15, -0.1) is 0 Å². The topological polar surface area (TPSA) is 112 Å². The number of benzene rings is 3. The Morgan fingerprint density at radius 3 is 1.13 bits per heavy atom. The molecule has 0 saturated carbocycles. The van der Waals surface area contributed by atoms with E-state index in [1.807, 2.05) is 45.1 Å². The lowest BCUT2D eigenvalue weighted by molar-refractivity contribution is 0.264. The summed E-state index contributed by atoms with van der Waals surface area (Å²) in [7, 11) is -11.8. The summed E-state index contributed by atoms with van der Waals surface area (Å²) < 4.78 is 87.7. The van der Waals surface area contributed by atoms with Crippen LogP contribution >= 0.6 is 0 Å². The maximum absolute atomic E-state index is 14.4. The summed E-state index contributed by atoms with van der Waals surface area (Å²) in [4.78, 5) is 0.492. The van der Waals surface area contributed by atoms with Gasteiger partial charge < -0.3 is 0 Å². The van der Waals surface area contributed by atoms with Crippen LogP contribution in [0.4, 0.5) is 0 Å². The Kier molecular flexibility index (Phi) is 9.20. The summed E-state index contributed by atoms with van der Waals surface area (Å²) in [6.45, 7) is 6.03. The van der Waals surface area contributed by atoms with Gasteiger partial charge in [0.25, 0.3) is 0 Å². The molecule has 0 radical (unpaired) electrons. The van der Waals surface area contributed by atoms with Crippen LogP contribution in [0.15, 0.2) is 124 Å². The molecule has 47 heavy (non-hydrogen) atoms. The molecule has 0 saturated heterocycles. The van der Waals surface area contributed by atoms with Crippen LogP contribution in [0.2, 0.25) is 0 Å². The predicted molar refractivity (Wildman–Crippen MR) is 182 cm³/mol. The molecule has 3 aromatic rings. The first kappa shape index (κ1) is 33.5. The smallest absolute Gasteiger partial charge is 0.207 e. The molecule has 3 heterocycles. The molecular weight excluding hydrogens is 655 g/mol. The molecule has 0 aromatic heterocycles. The van der Waals surface area contributed by atoms with Gasteiger partial charge in [-0.3, -0.25) is 0 Å². The van der Waals surface area contributed by atoms with E-state index < -0.39 is 54.2 Å².